The second kappa shape index (κ2) is 11.1. The number of pyridine rings is 1. The first-order chi connectivity index (χ1) is 16.7. The van der Waals surface area contributed by atoms with E-state index in [2.05, 4.69) is 11.4 Å². The summed E-state index contributed by atoms with van der Waals surface area (Å²) in [6.45, 7) is 0.132. The third-order valence-corrected chi connectivity index (χ3v) is 6.32. The first-order valence-electron chi connectivity index (χ1n) is 10.1. The number of primary amides is 1. The SMILES string of the molecule is COCCC(C(=O)Nc1cc(F)c(C(N)=O)s1)n1cc(OC)c(-c2cc(Cl)ccc2C#N)cc1=O. The van der Waals surface area contributed by atoms with Gasteiger partial charge in [0.2, 0.25) is 5.91 Å². The van der Waals surface area contributed by atoms with Gasteiger partial charge in [-0.3, -0.25) is 19.0 Å². The molecule has 182 valence electrons. The molecule has 0 saturated heterocycles. The molecule has 9 nitrogen and oxygen atoms in total. The van der Waals surface area contributed by atoms with E-state index in [0.717, 1.165) is 10.6 Å². The van der Waals surface area contributed by atoms with Gasteiger partial charge in [-0.05, 0) is 18.2 Å². The molecule has 1 atom stereocenters. The van der Waals surface area contributed by atoms with Gasteiger partial charge >= 0.3 is 0 Å². The highest BCUT2D eigenvalue weighted by atomic mass is 35.5. The number of hydrogen-bond donors (Lipinski definition) is 2. The van der Waals surface area contributed by atoms with Crippen LogP contribution in [0.3, 0.4) is 0 Å². The lowest BCUT2D eigenvalue weighted by molar-refractivity contribution is -0.119. The lowest BCUT2D eigenvalue weighted by Gasteiger charge is -2.21. The average molecular weight is 519 g/mol. The van der Waals surface area contributed by atoms with Gasteiger partial charge in [-0.25, -0.2) is 4.39 Å². The molecule has 0 radical (unpaired) electrons. The highest BCUT2D eigenvalue weighted by Gasteiger charge is 2.25. The predicted octanol–water partition coefficient (Wildman–Crippen LogP) is 3.56. The van der Waals surface area contributed by atoms with Gasteiger partial charge in [0.05, 0.1) is 29.9 Å². The normalized spacial score (nSPS) is 11.5. The number of carbonyl (C=O) groups is 2. The molecule has 0 aliphatic rings. The van der Waals surface area contributed by atoms with E-state index in [9.17, 15) is 24.0 Å². The molecular weight excluding hydrogens is 499 g/mol. The molecule has 12 heteroatoms. The topological polar surface area (TPSA) is 136 Å². The van der Waals surface area contributed by atoms with E-state index in [1.807, 2.05) is 0 Å². The Balaban J connectivity index is 2.05. The predicted molar refractivity (Wildman–Crippen MR) is 129 cm³/mol. The van der Waals surface area contributed by atoms with Gasteiger partial charge < -0.3 is 20.5 Å². The van der Waals surface area contributed by atoms with E-state index in [1.54, 1.807) is 12.1 Å². The van der Waals surface area contributed by atoms with E-state index in [-0.39, 0.29) is 34.2 Å². The molecule has 0 aliphatic carbocycles. The lowest BCUT2D eigenvalue weighted by Crippen LogP contribution is -2.33. The molecule has 3 N–H and O–H groups in total. The minimum atomic E-state index is -1.07. The van der Waals surface area contributed by atoms with Crippen LogP contribution < -0.4 is 21.3 Å². The fraction of sp³-hybridized carbons (Fsp3) is 0.217. The summed E-state index contributed by atoms with van der Waals surface area (Å²) in [7, 11) is 2.83. The van der Waals surface area contributed by atoms with Gasteiger partial charge in [0.1, 0.15) is 22.5 Å². The van der Waals surface area contributed by atoms with Gasteiger partial charge in [0, 0.05) is 48.4 Å². The number of halogens is 2. The molecule has 3 rings (SSSR count). The van der Waals surface area contributed by atoms with Crippen LogP contribution in [-0.2, 0) is 9.53 Å². The molecule has 2 amide bonds. The number of nitriles is 1. The maximum absolute atomic E-state index is 13.9. The van der Waals surface area contributed by atoms with Gasteiger partial charge in [0.15, 0.2) is 0 Å². The van der Waals surface area contributed by atoms with Crippen LogP contribution >= 0.6 is 22.9 Å². The smallest absolute Gasteiger partial charge is 0.261 e. The van der Waals surface area contributed by atoms with Crippen molar-refractivity contribution in [3.05, 3.63) is 68.2 Å². The summed E-state index contributed by atoms with van der Waals surface area (Å²) in [6.07, 6.45) is 1.45. The molecule has 2 heterocycles. The third kappa shape index (κ3) is 5.68. The van der Waals surface area contributed by atoms with E-state index in [0.29, 0.717) is 27.5 Å². The largest absolute Gasteiger partial charge is 0.495 e. The van der Waals surface area contributed by atoms with Crippen LogP contribution in [0.5, 0.6) is 5.75 Å². The van der Waals surface area contributed by atoms with Crippen molar-refractivity contribution in [2.45, 2.75) is 12.5 Å². The van der Waals surface area contributed by atoms with Crippen molar-refractivity contribution in [3.63, 3.8) is 0 Å². The summed E-state index contributed by atoms with van der Waals surface area (Å²) in [5.41, 5.74) is 5.58. The van der Waals surface area contributed by atoms with E-state index >= 15 is 0 Å². The van der Waals surface area contributed by atoms with Crippen molar-refractivity contribution in [1.82, 2.24) is 4.57 Å². The van der Waals surface area contributed by atoms with Crippen molar-refractivity contribution in [2.75, 3.05) is 26.1 Å². The van der Waals surface area contributed by atoms with Crippen molar-refractivity contribution >= 4 is 39.8 Å². The Kier molecular flexibility index (Phi) is 8.24. The van der Waals surface area contributed by atoms with Crippen molar-refractivity contribution in [3.8, 4) is 22.9 Å². The molecule has 1 unspecified atom stereocenters. The molecule has 1 aromatic carbocycles. The fourth-order valence-corrected chi connectivity index (χ4v) is 4.37. The molecule has 2 aromatic heterocycles. The Morgan fingerprint density at radius 2 is 2.03 bits per heavy atom. The van der Waals surface area contributed by atoms with Crippen LogP contribution in [0.4, 0.5) is 9.39 Å². The van der Waals surface area contributed by atoms with Crippen LogP contribution in [0, 0.1) is 17.1 Å². The summed E-state index contributed by atoms with van der Waals surface area (Å²) in [5, 5.41) is 12.4. The quantitative estimate of drug-likeness (QED) is 0.444. The Bertz CT molecular complexity index is 1380. The second-order valence-electron chi connectivity index (χ2n) is 7.24. The molecule has 0 bridgehead atoms. The van der Waals surface area contributed by atoms with Crippen molar-refractivity contribution < 1.29 is 23.5 Å². The standard InChI is InChI=1S/C23H20ClFN4O5S/c1-33-6-5-17(23(32)28-19-9-16(25)21(35-19)22(27)31)29-11-18(34-2)15(8-20(29)30)14-7-13(24)4-3-12(14)10-26/h3-4,7-9,11,17H,5-6H2,1-2H3,(H2,27,31)(H,28,32). The number of nitrogens with two attached hydrogens (primary N) is 1. The number of carbonyl (C=O) groups excluding carboxylic acids is 2. The zero-order chi connectivity index (χ0) is 25.7. The zero-order valence-corrected chi connectivity index (χ0v) is 20.2. The number of nitrogens with one attached hydrogen (secondary N) is 1. The van der Waals surface area contributed by atoms with Gasteiger partial charge in [-0.2, -0.15) is 5.26 Å². The average Bonchev–Trinajstić information content (AvgIpc) is 3.19. The number of anilines is 1. The van der Waals surface area contributed by atoms with Crippen molar-refractivity contribution in [1.29, 1.82) is 5.26 Å². The summed E-state index contributed by atoms with van der Waals surface area (Å²) >= 11 is 6.78. The minimum Gasteiger partial charge on any atom is -0.495 e. The third-order valence-electron chi connectivity index (χ3n) is 5.05. The molecular formula is C23H20ClFN4O5S. The number of nitrogens with zero attached hydrogens (tertiary/aromatic N) is 2. The molecule has 0 spiro atoms. The van der Waals surface area contributed by atoms with Crippen LogP contribution in [0.15, 0.2) is 41.3 Å². The number of benzene rings is 1. The Morgan fingerprint density at radius 1 is 1.29 bits per heavy atom. The van der Waals surface area contributed by atoms with Crippen LogP contribution in [0.2, 0.25) is 5.02 Å². The number of thiophene rings is 1. The summed E-state index contributed by atoms with van der Waals surface area (Å²) in [4.78, 5) is 37.2. The number of methoxy groups -OCH3 is 2. The number of aromatic nitrogens is 1. The van der Waals surface area contributed by atoms with Gasteiger partial charge in [-0.1, -0.05) is 11.6 Å². The summed E-state index contributed by atoms with van der Waals surface area (Å²) < 4.78 is 25.6. The highest BCUT2D eigenvalue weighted by molar-refractivity contribution is 7.18. The fourth-order valence-electron chi connectivity index (χ4n) is 3.41. The first kappa shape index (κ1) is 25.9. The maximum atomic E-state index is 13.9. The van der Waals surface area contributed by atoms with E-state index in [4.69, 9.17) is 26.8 Å². The van der Waals surface area contributed by atoms with Crippen LogP contribution in [-0.4, -0.2) is 37.2 Å². The van der Waals surface area contributed by atoms with Crippen LogP contribution in [0.1, 0.15) is 27.7 Å². The molecule has 0 fully saturated rings. The number of amides is 2. The molecule has 3 aromatic rings. The highest BCUT2D eigenvalue weighted by Crippen LogP contribution is 2.34. The van der Waals surface area contributed by atoms with E-state index < -0.39 is 29.2 Å². The Labute approximate surface area is 208 Å². The van der Waals surface area contributed by atoms with Gasteiger partial charge in [0.25, 0.3) is 11.5 Å². The maximum Gasteiger partial charge on any atom is 0.261 e. The number of ether oxygens (including phenoxy) is 2. The molecule has 35 heavy (non-hydrogen) atoms. The minimum absolute atomic E-state index is 0.0536. The molecule has 0 aliphatic heterocycles. The summed E-state index contributed by atoms with van der Waals surface area (Å²) in [5.74, 6) is -2.24. The second-order valence-corrected chi connectivity index (χ2v) is 8.73. The van der Waals surface area contributed by atoms with Crippen LogP contribution in [0.25, 0.3) is 11.1 Å². The van der Waals surface area contributed by atoms with E-state index in [1.165, 1.54) is 32.5 Å². The Hall–Kier alpha value is -3.72. The van der Waals surface area contributed by atoms with Gasteiger partial charge in [-0.15, -0.1) is 11.3 Å². The summed E-state index contributed by atoms with van der Waals surface area (Å²) in [6, 6.07) is 7.83. The number of rotatable bonds is 9. The first-order valence-corrected chi connectivity index (χ1v) is 11.3. The molecule has 0 saturated carbocycles. The lowest BCUT2D eigenvalue weighted by atomic mass is 10.00. The number of hydrogen-bond acceptors (Lipinski definition) is 7. The Morgan fingerprint density at radius 3 is 2.63 bits per heavy atom. The monoisotopic (exact) mass is 518 g/mol. The van der Waals surface area contributed by atoms with Crippen molar-refractivity contribution in [2.24, 2.45) is 5.73 Å². The zero-order valence-electron chi connectivity index (χ0n) is 18.6.